The SMILES string of the molecule is COc1ccc(/C=C(/NC(=O)c2ccc(OCC(C)C)cc2)C(=O)NCCCO)cc1. The van der Waals surface area contributed by atoms with Crippen LogP contribution in [-0.4, -0.2) is 43.8 Å². The minimum atomic E-state index is -0.436. The second-order valence-corrected chi connectivity index (χ2v) is 7.35. The summed E-state index contributed by atoms with van der Waals surface area (Å²) in [6.07, 6.45) is 2.01. The number of carbonyl (C=O) groups is 2. The molecule has 0 saturated carbocycles. The van der Waals surface area contributed by atoms with Crippen molar-refractivity contribution in [3.8, 4) is 11.5 Å². The number of hydrogen-bond donors (Lipinski definition) is 3. The van der Waals surface area contributed by atoms with E-state index >= 15 is 0 Å². The summed E-state index contributed by atoms with van der Waals surface area (Å²) in [5.74, 6) is 0.927. The summed E-state index contributed by atoms with van der Waals surface area (Å²) in [6.45, 7) is 4.98. The summed E-state index contributed by atoms with van der Waals surface area (Å²) >= 11 is 0. The molecule has 0 aromatic heterocycles. The van der Waals surface area contributed by atoms with Crippen molar-refractivity contribution < 1.29 is 24.2 Å². The lowest BCUT2D eigenvalue weighted by molar-refractivity contribution is -0.117. The maximum Gasteiger partial charge on any atom is 0.267 e. The Labute approximate surface area is 183 Å². The van der Waals surface area contributed by atoms with Crippen LogP contribution < -0.4 is 20.1 Å². The first kappa shape index (κ1) is 24.0. The lowest BCUT2D eigenvalue weighted by atomic mass is 10.1. The number of nitrogens with one attached hydrogen (secondary N) is 2. The van der Waals surface area contributed by atoms with Crippen LogP contribution in [0.2, 0.25) is 0 Å². The van der Waals surface area contributed by atoms with Gasteiger partial charge in [-0.3, -0.25) is 9.59 Å². The number of methoxy groups -OCH3 is 1. The summed E-state index contributed by atoms with van der Waals surface area (Å²) in [5.41, 5.74) is 1.24. The van der Waals surface area contributed by atoms with Gasteiger partial charge in [0.25, 0.3) is 11.8 Å². The summed E-state index contributed by atoms with van der Waals surface area (Å²) in [6, 6.07) is 13.9. The molecule has 2 aromatic rings. The van der Waals surface area contributed by atoms with E-state index in [2.05, 4.69) is 24.5 Å². The Bertz CT molecular complexity index is 874. The Morgan fingerprint density at radius 3 is 2.26 bits per heavy atom. The summed E-state index contributed by atoms with van der Waals surface area (Å²) in [5, 5.41) is 14.3. The van der Waals surface area contributed by atoms with E-state index in [-0.39, 0.29) is 12.3 Å². The fraction of sp³-hybridized carbons (Fsp3) is 0.333. The average molecular weight is 427 g/mol. The largest absolute Gasteiger partial charge is 0.497 e. The number of hydrogen-bond acceptors (Lipinski definition) is 5. The Morgan fingerprint density at radius 2 is 1.68 bits per heavy atom. The van der Waals surface area contributed by atoms with Crippen molar-refractivity contribution in [2.75, 3.05) is 26.9 Å². The predicted octanol–water partition coefficient (Wildman–Crippen LogP) is 3.00. The normalized spacial score (nSPS) is 11.2. The van der Waals surface area contributed by atoms with E-state index in [1.54, 1.807) is 61.7 Å². The molecule has 2 rings (SSSR count). The van der Waals surface area contributed by atoms with Gasteiger partial charge >= 0.3 is 0 Å². The van der Waals surface area contributed by atoms with Gasteiger partial charge in [0.15, 0.2) is 0 Å². The highest BCUT2D eigenvalue weighted by Gasteiger charge is 2.15. The Balaban J connectivity index is 2.15. The van der Waals surface area contributed by atoms with Crippen LogP contribution in [0.5, 0.6) is 11.5 Å². The smallest absolute Gasteiger partial charge is 0.267 e. The van der Waals surface area contributed by atoms with Gasteiger partial charge in [0.05, 0.1) is 13.7 Å². The molecule has 0 unspecified atom stereocenters. The zero-order chi connectivity index (χ0) is 22.6. The van der Waals surface area contributed by atoms with E-state index in [4.69, 9.17) is 14.6 Å². The number of amides is 2. The third-order valence-corrected chi connectivity index (χ3v) is 4.24. The highest BCUT2D eigenvalue weighted by atomic mass is 16.5. The van der Waals surface area contributed by atoms with Crippen LogP contribution in [0, 0.1) is 5.92 Å². The molecule has 0 fully saturated rings. The average Bonchev–Trinajstić information content (AvgIpc) is 2.78. The van der Waals surface area contributed by atoms with Crippen LogP contribution in [0.4, 0.5) is 0 Å². The van der Waals surface area contributed by atoms with Crippen molar-refractivity contribution in [1.82, 2.24) is 10.6 Å². The first-order valence-electron chi connectivity index (χ1n) is 10.2. The highest BCUT2D eigenvalue weighted by Crippen LogP contribution is 2.15. The van der Waals surface area contributed by atoms with Gasteiger partial charge in [-0.1, -0.05) is 26.0 Å². The van der Waals surface area contributed by atoms with Crippen LogP contribution in [0.25, 0.3) is 6.08 Å². The number of ether oxygens (including phenoxy) is 2. The van der Waals surface area contributed by atoms with Gasteiger partial charge in [-0.15, -0.1) is 0 Å². The van der Waals surface area contributed by atoms with Gasteiger partial charge in [0.1, 0.15) is 17.2 Å². The minimum absolute atomic E-state index is 0.0323. The Morgan fingerprint density at radius 1 is 1.03 bits per heavy atom. The predicted molar refractivity (Wildman–Crippen MR) is 120 cm³/mol. The van der Waals surface area contributed by atoms with Crippen molar-refractivity contribution in [2.45, 2.75) is 20.3 Å². The van der Waals surface area contributed by atoms with Gasteiger partial charge in [0, 0.05) is 18.7 Å². The molecule has 166 valence electrons. The van der Waals surface area contributed by atoms with E-state index in [0.29, 0.717) is 42.6 Å². The van der Waals surface area contributed by atoms with E-state index in [0.717, 1.165) is 5.56 Å². The lowest BCUT2D eigenvalue weighted by Crippen LogP contribution is -2.35. The molecule has 0 saturated heterocycles. The quantitative estimate of drug-likeness (QED) is 0.379. The molecule has 31 heavy (non-hydrogen) atoms. The molecular formula is C24H30N2O5. The van der Waals surface area contributed by atoms with E-state index in [9.17, 15) is 9.59 Å². The molecule has 0 aliphatic carbocycles. The zero-order valence-corrected chi connectivity index (χ0v) is 18.2. The van der Waals surface area contributed by atoms with E-state index in [1.165, 1.54) is 0 Å². The fourth-order valence-corrected chi connectivity index (χ4v) is 2.56. The molecule has 0 atom stereocenters. The van der Waals surface area contributed by atoms with Gasteiger partial charge in [-0.25, -0.2) is 0 Å². The monoisotopic (exact) mass is 426 g/mol. The molecule has 0 radical (unpaired) electrons. The van der Waals surface area contributed by atoms with Crippen LogP contribution in [0.1, 0.15) is 36.2 Å². The van der Waals surface area contributed by atoms with Gasteiger partial charge in [-0.2, -0.15) is 0 Å². The number of aliphatic hydroxyl groups excluding tert-OH is 1. The molecule has 0 heterocycles. The van der Waals surface area contributed by atoms with Gasteiger partial charge in [-0.05, 0) is 60.4 Å². The summed E-state index contributed by atoms with van der Waals surface area (Å²) in [7, 11) is 1.57. The topological polar surface area (TPSA) is 96.9 Å². The maximum absolute atomic E-state index is 12.7. The van der Waals surface area contributed by atoms with Crippen LogP contribution in [0.3, 0.4) is 0 Å². The van der Waals surface area contributed by atoms with Crippen molar-refractivity contribution >= 4 is 17.9 Å². The second-order valence-electron chi connectivity index (χ2n) is 7.35. The van der Waals surface area contributed by atoms with Crippen molar-refractivity contribution in [1.29, 1.82) is 0 Å². The third kappa shape index (κ3) is 8.14. The number of benzene rings is 2. The van der Waals surface area contributed by atoms with Gasteiger partial charge in [0.2, 0.25) is 0 Å². The third-order valence-electron chi connectivity index (χ3n) is 4.24. The van der Waals surface area contributed by atoms with Crippen molar-refractivity contribution in [3.63, 3.8) is 0 Å². The molecule has 0 aliphatic heterocycles. The summed E-state index contributed by atoms with van der Waals surface area (Å²) < 4.78 is 10.8. The first-order valence-corrected chi connectivity index (χ1v) is 10.2. The van der Waals surface area contributed by atoms with E-state index < -0.39 is 11.8 Å². The van der Waals surface area contributed by atoms with Crippen LogP contribution in [-0.2, 0) is 4.79 Å². The molecular weight excluding hydrogens is 396 g/mol. The Kier molecular flexibility index (Phi) is 9.58. The van der Waals surface area contributed by atoms with Crippen LogP contribution >= 0.6 is 0 Å². The summed E-state index contributed by atoms with van der Waals surface area (Å²) in [4.78, 5) is 25.3. The molecule has 3 N–H and O–H groups in total. The van der Waals surface area contributed by atoms with Crippen molar-refractivity contribution in [3.05, 3.63) is 65.4 Å². The van der Waals surface area contributed by atoms with Crippen molar-refractivity contribution in [2.24, 2.45) is 5.92 Å². The van der Waals surface area contributed by atoms with E-state index in [1.807, 2.05) is 0 Å². The molecule has 0 spiro atoms. The standard InChI is InChI=1S/C24H30N2O5/c1-17(2)16-31-21-11-7-19(8-12-21)23(28)26-22(24(29)25-13-4-14-27)15-18-5-9-20(30-3)10-6-18/h5-12,15,17,27H,4,13-14,16H2,1-3H3,(H,25,29)(H,26,28)/b22-15+. The molecule has 7 heteroatoms. The number of aliphatic hydroxyl groups is 1. The fourth-order valence-electron chi connectivity index (χ4n) is 2.56. The molecule has 0 bridgehead atoms. The molecule has 2 amide bonds. The highest BCUT2D eigenvalue weighted by molar-refractivity contribution is 6.05. The molecule has 2 aromatic carbocycles. The van der Waals surface area contributed by atoms with Crippen LogP contribution in [0.15, 0.2) is 54.2 Å². The maximum atomic E-state index is 12.7. The molecule has 0 aliphatic rings. The second kappa shape index (κ2) is 12.4. The number of rotatable bonds is 11. The molecule has 7 nitrogen and oxygen atoms in total. The zero-order valence-electron chi connectivity index (χ0n) is 18.2. The lowest BCUT2D eigenvalue weighted by Gasteiger charge is -2.12. The first-order chi connectivity index (χ1) is 14.9. The number of carbonyl (C=O) groups excluding carboxylic acids is 2. The Hall–Kier alpha value is -3.32. The van der Waals surface area contributed by atoms with Gasteiger partial charge < -0.3 is 25.2 Å². The minimum Gasteiger partial charge on any atom is -0.497 e.